The molecule has 0 unspecified atom stereocenters. The van der Waals surface area contributed by atoms with Crippen molar-refractivity contribution < 1.29 is 19.7 Å². The highest BCUT2D eigenvalue weighted by atomic mass is 16.5. The number of unbranched alkanes of at least 4 members (excludes halogenated alkanes) is 1. The highest BCUT2D eigenvalue weighted by molar-refractivity contribution is 5.96. The third-order valence-corrected chi connectivity index (χ3v) is 3.17. The average molecular weight is 286 g/mol. The van der Waals surface area contributed by atoms with E-state index in [0.717, 1.165) is 18.4 Å². The van der Waals surface area contributed by atoms with E-state index in [-0.39, 0.29) is 11.3 Å². The predicted molar refractivity (Wildman–Crippen MR) is 80.9 cm³/mol. The summed E-state index contributed by atoms with van der Waals surface area (Å²) in [4.78, 5) is 11.3. The number of carboxylic acids is 1. The first-order valence-electron chi connectivity index (χ1n) is 6.91. The first-order chi connectivity index (χ1) is 10.1. The molecule has 0 fully saturated rings. The van der Waals surface area contributed by atoms with Gasteiger partial charge in [0, 0.05) is 0 Å². The standard InChI is InChI=1S/C17H18O4/c1-2-3-10-21-14-8-9-15(17(19)20)16(11-14)12-4-6-13(18)7-5-12/h4-9,11,18H,2-3,10H2,1H3,(H,19,20). The molecule has 0 aliphatic carbocycles. The lowest BCUT2D eigenvalue weighted by Crippen LogP contribution is -2.02. The van der Waals surface area contributed by atoms with Crippen molar-refractivity contribution in [2.75, 3.05) is 6.61 Å². The molecule has 0 bridgehead atoms. The monoisotopic (exact) mass is 286 g/mol. The Morgan fingerprint density at radius 3 is 2.48 bits per heavy atom. The second-order valence-electron chi connectivity index (χ2n) is 4.76. The molecule has 0 aromatic heterocycles. The molecule has 0 radical (unpaired) electrons. The number of benzene rings is 2. The molecule has 110 valence electrons. The number of hydrogen-bond donors (Lipinski definition) is 2. The Morgan fingerprint density at radius 1 is 1.14 bits per heavy atom. The summed E-state index contributed by atoms with van der Waals surface area (Å²) in [6, 6.07) is 11.4. The summed E-state index contributed by atoms with van der Waals surface area (Å²) in [5.41, 5.74) is 1.52. The number of ether oxygens (including phenoxy) is 1. The van der Waals surface area contributed by atoms with Gasteiger partial charge >= 0.3 is 5.97 Å². The Morgan fingerprint density at radius 2 is 1.86 bits per heavy atom. The van der Waals surface area contributed by atoms with Gasteiger partial charge in [0.15, 0.2) is 0 Å². The van der Waals surface area contributed by atoms with E-state index in [1.54, 1.807) is 30.3 Å². The molecule has 0 amide bonds. The SMILES string of the molecule is CCCCOc1ccc(C(=O)O)c(-c2ccc(O)cc2)c1. The first kappa shape index (κ1) is 14.9. The van der Waals surface area contributed by atoms with Crippen molar-refractivity contribution in [1.82, 2.24) is 0 Å². The van der Waals surface area contributed by atoms with Crippen LogP contribution in [0.2, 0.25) is 0 Å². The van der Waals surface area contributed by atoms with E-state index in [1.807, 2.05) is 0 Å². The van der Waals surface area contributed by atoms with Gasteiger partial charge < -0.3 is 14.9 Å². The molecule has 0 atom stereocenters. The molecule has 0 saturated carbocycles. The van der Waals surface area contributed by atoms with Gasteiger partial charge in [0.2, 0.25) is 0 Å². The Bertz CT molecular complexity index is 617. The molecular formula is C17H18O4. The van der Waals surface area contributed by atoms with Crippen LogP contribution in [0.1, 0.15) is 30.1 Å². The molecule has 2 aromatic rings. The van der Waals surface area contributed by atoms with Crippen LogP contribution in [-0.2, 0) is 0 Å². The summed E-state index contributed by atoms with van der Waals surface area (Å²) in [6.45, 7) is 2.69. The van der Waals surface area contributed by atoms with Gasteiger partial charge in [0.1, 0.15) is 11.5 Å². The van der Waals surface area contributed by atoms with Crippen LogP contribution >= 0.6 is 0 Å². The van der Waals surface area contributed by atoms with Crippen LogP contribution in [0.4, 0.5) is 0 Å². The van der Waals surface area contributed by atoms with Crippen molar-refractivity contribution in [2.24, 2.45) is 0 Å². The molecule has 2 rings (SSSR count). The Kier molecular flexibility index (Phi) is 4.82. The highest BCUT2D eigenvalue weighted by Gasteiger charge is 2.13. The zero-order valence-corrected chi connectivity index (χ0v) is 11.9. The van der Waals surface area contributed by atoms with E-state index in [9.17, 15) is 15.0 Å². The minimum absolute atomic E-state index is 0.144. The zero-order chi connectivity index (χ0) is 15.2. The summed E-state index contributed by atoms with van der Waals surface area (Å²) >= 11 is 0. The van der Waals surface area contributed by atoms with Gasteiger partial charge in [-0.3, -0.25) is 0 Å². The second-order valence-corrected chi connectivity index (χ2v) is 4.76. The number of carboxylic acid groups (broad SMARTS) is 1. The molecule has 21 heavy (non-hydrogen) atoms. The second kappa shape index (κ2) is 6.79. The first-order valence-corrected chi connectivity index (χ1v) is 6.91. The molecule has 0 saturated heterocycles. The van der Waals surface area contributed by atoms with Crippen LogP contribution in [0.25, 0.3) is 11.1 Å². The Hall–Kier alpha value is -2.49. The smallest absolute Gasteiger partial charge is 0.336 e. The summed E-state index contributed by atoms with van der Waals surface area (Å²) < 4.78 is 5.62. The lowest BCUT2D eigenvalue weighted by atomic mass is 9.99. The fourth-order valence-corrected chi connectivity index (χ4v) is 2.01. The maximum atomic E-state index is 11.3. The molecule has 0 spiro atoms. The predicted octanol–water partition coefficient (Wildman–Crippen LogP) is 3.94. The normalized spacial score (nSPS) is 10.3. The Balaban J connectivity index is 2.37. The fourth-order valence-electron chi connectivity index (χ4n) is 2.01. The van der Waals surface area contributed by atoms with E-state index in [4.69, 9.17) is 4.74 Å². The molecule has 4 nitrogen and oxygen atoms in total. The number of phenolic OH excluding ortho intramolecular Hbond substituents is 1. The zero-order valence-electron chi connectivity index (χ0n) is 11.9. The van der Waals surface area contributed by atoms with Crippen LogP contribution in [0.5, 0.6) is 11.5 Å². The lowest BCUT2D eigenvalue weighted by Gasteiger charge is -2.11. The van der Waals surface area contributed by atoms with Crippen LogP contribution in [0.15, 0.2) is 42.5 Å². The van der Waals surface area contributed by atoms with E-state index in [0.29, 0.717) is 17.9 Å². The van der Waals surface area contributed by atoms with Gasteiger partial charge in [0.25, 0.3) is 0 Å². The van der Waals surface area contributed by atoms with Gasteiger partial charge in [-0.2, -0.15) is 0 Å². The fraction of sp³-hybridized carbons (Fsp3) is 0.235. The number of carbonyl (C=O) groups is 1. The molecule has 0 aliphatic heterocycles. The van der Waals surface area contributed by atoms with Crippen LogP contribution in [0.3, 0.4) is 0 Å². The van der Waals surface area contributed by atoms with Gasteiger partial charge in [-0.05, 0) is 47.9 Å². The molecule has 0 aliphatic rings. The van der Waals surface area contributed by atoms with E-state index in [1.165, 1.54) is 12.1 Å². The minimum Gasteiger partial charge on any atom is -0.508 e. The molecule has 4 heteroatoms. The highest BCUT2D eigenvalue weighted by Crippen LogP contribution is 2.29. The van der Waals surface area contributed by atoms with Gasteiger partial charge in [0.05, 0.1) is 12.2 Å². The largest absolute Gasteiger partial charge is 0.508 e. The summed E-state index contributed by atoms with van der Waals surface area (Å²) in [6.07, 6.45) is 1.99. The summed E-state index contributed by atoms with van der Waals surface area (Å²) in [5, 5.41) is 18.6. The molecular weight excluding hydrogens is 268 g/mol. The van der Waals surface area contributed by atoms with E-state index < -0.39 is 5.97 Å². The van der Waals surface area contributed by atoms with Crippen molar-refractivity contribution in [2.45, 2.75) is 19.8 Å². The molecule has 2 aromatic carbocycles. The van der Waals surface area contributed by atoms with Crippen molar-refractivity contribution in [1.29, 1.82) is 0 Å². The van der Waals surface area contributed by atoms with Gasteiger partial charge in [-0.25, -0.2) is 4.79 Å². The number of phenols is 1. The van der Waals surface area contributed by atoms with Crippen LogP contribution in [-0.4, -0.2) is 22.8 Å². The van der Waals surface area contributed by atoms with Crippen molar-refractivity contribution in [3.8, 4) is 22.6 Å². The van der Waals surface area contributed by atoms with Crippen LogP contribution < -0.4 is 4.74 Å². The maximum absolute atomic E-state index is 11.3. The maximum Gasteiger partial charge on any atom is 0.336 e. The van der Waals surface area contributed by atoms with Gasteiger partial charge in [-0.15, -0.1) is 0 Å². The average Bonchev–Trinajstić information content (AvgIpc) is 2.48. The Labute approximate surface area is 123 Å². The lowest BCUT2D eigenvalue weighted by molar-refractivity contribution is 0.0697. The number of rotatable bonds is 6. The van der Waals surface area contributed by atoms with E-state index >= 15 is 0 Å². The minimum atomic E-state index is -0.988. The molecule has 2 N–H and O–H groups in total. The summed E-state index contributed by atoms with van der Waals surface area (Å²) in [5.74, 6) is -0.194. The van der Waals surface area contributed by atoms with Crippen molar-refractivity contribution in [3.05, 3.63) is 48.0 Å². The summed E-state index contributed by atoms with van der Waals surface area (Å²) in [7, 11) is 0. The number of aromatic hydroxyl groups is 1. The van der Waals surface area contributed by atoms with Gasteiger partial charge in [-0.1, -0.05) is 25.5 Å². The number of hydrogen-bond acceptors (Lipinski definition) is 3. The van der Waals surface area contributed by atoms with Crippen LogP contribution in [0, 0.1) is 0 Å². The van der Waals surface area contributed by atoms with E-state index in [2.05, 4.69) is 6.92 Å². The third-order valence-electron chi connectivity index (χ3n) is 3.17. The van der Waals surface area contributed by atoms with Crippen molar-refractivity contribution in [3.63, 3.8) is 0 Å². The van der Waals surface area contributed by atoms with Crippen molar-refractivity contribution >= 4 is 5.97 Å². The third kappa shape index (κ3) is 3.75. The topological polar surface area (TPSA) is 66.8 Å². The number of aromatic carboxylic acids is 1. The molecule has 0 heterocycles. The quantitative estimate of drug-likeness (QED) is 0.789.